The van der Waals surface area contributed by atoms with Gasteiger partial charge in [0.15, 0.2) is 0 Å². The number of aromatic nitrogens is 2. The van der Waals surface area contributed by atoms with Crippen LogP contribution in [-0.2, 0) is 0 Å². The van der Waals surface area contributed by atoms with Gasteiger partial charge in [-0.25, -0.2) is 0 Å². The van der Waals surface area contributed by atoms with E-state index in [-0.39, 0.29) is 30.3 Å². The van der Waals surface area contributed by atoms with Crippen molar-refractivity contribution in [3.8, 4) is 0 Å². The van der Waals surface area contributed by atoms with Crippen molar-refractivity contribution in [2.45, 2.75) is 44.7 Å². The average Bonchev–Trinajstić information content (AvgIpc) is 3.13. The maximum Gasteiger partial charge on any atom is 0.272 e. The molecular weight excluding hydrogens is 336 g/mol. The summed E-state index contributed by atoms with van der Waals surface area (Å²) in [7, 11) is 0. The molecule has 1 aromatic carbocycles. The molecule has 1 amide bonds. The van der Waals surface area contributed by atoms with Gasteiger partial charge < -0.3 is 10.6 Å². The molecule has 0 saturated carbocycles. The normalized spacial score (nSPS) is 19.5. The Balaban J connectivity index is 0.00000225. The van der Waals surface area contributed by atoms with Gasteiger partial charge in [0.05, 0.1) is 6.04 Å². The summed E-state index contributed by atoms with van der Waals surface area (Å²) in [5.41, 5.74) is 1.72. The van der Waals surface area contributed by atoms with Crippen LogP contribution in [0.25, 0.3) is 0 Å². The van der Waals surface area contributed by atoms with Crippen molar-refractivity contribution in [3.05, 3.63) is 53.9 Å². The molecule has 0 spiro atoms. The second-order valence-electron chi connectivity index (χ2n) is 6.64. The lowest BCUT2D eigenvalue weighted by Gasteiger charge is -2.23. The van der Waals surface area contributed by atoms with Gasteiger partial charge in [0.2, 0.25) is 0 Å². The summed E-state index contributed by atoms with van der Waals surface area (Å²) in [6, 6.07) is 12.5. The van der Waals surface area contributed by atoms with Gasteiger partial charge in [0, 0.05) is 24.7 Å². The fourth-order valence-electron chi connectivity index (χ4n) is 3.17. The number of carbonyl (C=O) groups excluding carboxylic acids is 1. The molecule has 1 fully saturated rings. The Bertz CT molecular complexity index is 667. The summed E-state index contributed by atoms with van der Waals surface area (Å²) >= 11 is 0. The number of halogens is 1. The van der Waals surface area contributed by atoms with E-state index in [9.17, 15) is 4.79 Å². The van der Waals surface area contributed by atoms with Crippen molar-refractivity contribution >= 4 is 18.3 Å². The van der Waals surface area contributed by atoms with Gasteiger partial charge in [-0.1, -0.05) is 37.3 Å². The van der Waals surface area contributed by atoms with Crippen LogP contribution in [0.15, 0.2) is 42.6 Å². The highest BCUT2D eigenvalue weighted by Crippen LogP contribution is 2.19. The van der Waals surface area contributed by atoms with Crippen molar-refractivity contribution in [2.75, 3.05) is 13.1 Å². The number of carbonyl (C=O) groups is 1. The van der Waals surface area contributed by atoms with Crippen LogP contribution in [-0.4, -0.2) is 34.8 Å². The van der Waals surface area contributed by atoms with E-state index in [0.717, 1.165) is 25.9 Å². The zero-order valence-corrected chi connectivity index (χ0v) is 15.6. The maximum absolute atomic E-state index is 12.5. The summed E-state index contributed by atoms with van der Waals surface area (Å²) in [6.07, 6.45) is 4.17. The molecule has 3 rings (SSSR count). The minimum atomic E-state index is -0.104. The average molecular weight is 363 g/mol. The first-order valence-corrected chi connectivity index (χ1v) is 8.77. The maximum atomic E-state index is 12.5. The SMILES string of the molecule is CC(NC(=O)c1ccn(C2CCCNC2)n1)C(C)c1ccccc1.Cl. The van der Waals surface area contributed by atoms with Crippen LogP contribution < -0.4 is 10.6 Å². The van der Waals surface area contributed by atoms with Gasteiger partial charge in [-0.3, -0.25) is 9.48 Å². The van der Waals surface area contributed by atoms with E-state index in [4.69, 9.17) is 0 Å². The fraction of sp³-hybridized carbons (Fsp3) is 0.474. The monoisotopic (exact) mass is 362 g/mol. The highest BCUT2D eigenvalue weighted by Gasteiger charge is 2.20. The fourth-order valence-corrected chi connectivity index (χ4v) is 3.17. The molecule has 1 aromatic heterocycles. The second kappa shape index (κ2) is 9.02. The minimum absolute atomic E-state index is 0. The third-order valence-electron chi connectivity index (χ3n) is 4.92. The number of piperidine rings is 1. The number of nitrogens with one attached hydrogen (secondary N) is 2. The summed E-state index contributed by atoms with van der Waals surface area (Å²) in [4.78, 5) is 12.5. The number of hydrogen-bond acceptors (Lipinski definition) is 3. The topological polar surface area (TPSA) is 59.0 Å². The Kier molecular flexibility index (Phi) is 7.02. The molecule has 136 valence electrons. The number of amides is 1. The number of benzene rings is 1. The standard InChI is InChI=1S/C19H26N4O.ClH/c1-14(16-7-4-3-5-8-16)15(2)21-19(24)18-10-12-23(22-18)17-9-6-11-20-13-17;/h3-5,7-8,10,12,14-15,17,20H,6,9,11,13H2,1-2H3,(H,21,24);1H. The number of rotatable bonds is 5. The largest absolute Gasteiger partial charge is 0.348 e. The van der Waals surface area contributed by atoms with Crippen LogP contribution in [0.1, 0.15) is 54.7 Å². The third kappa shape index (κ3) is 4.83. The Morgan fingerprint density at radius 2 is 2.04 bits per heavy atom. The zero-order chi connectivity index (χ0) is 16.9. The van der Waals surface area contributed by atoms with Crippen LogP contribution in [0.4, 0.5) is 0 Å². The van der Waals surface area contributed by atoms with Crippen LogP contribution in [0.2, 0.25) is 0 Å². The third-order valence-corrected chi connectivity index (χ3v) is 4.92. The first-order valence-electron chi connectivity index (χ1n) is 8.77. The highest BCUT2D eigenvalue weighted by molar-refractivity contribution is 5.92. The second-order valence-corrected chi connectivity index (χ2v) is 6.64. The number of hydrogen-bond donors (Lipinski definition) is 2. The molecule has 2 N–H and O–H groups in total. The molecule has 6 heteroatoms. The van der Waals surface area contributed by atoms with Crippen LogP contribution in [0.5, 0.6) is 0 Å². The molecule has 5 nitrogen and oxygen atoms in total. The van der Waals surface area contributed by atoms with Gasteiger partial charge in [-0.2, -0.15) is 5.10 Å². The van der Waals surface area contributed by atoms with E-state index in [2.05, 4.69) is 34.8 Å². The molecule has 0 bridgehead atoms. The smallest absolute Gasteiger partial charge is 0.272 e. The van der Waals surface area contributed by atoms with Crippen LogP contribution in [0.3, 0.4) is 0 Å². The van der Waals surface area contributed by atoms with Crippen molar-refractivity contribution in [2.24, 2.45) is 0 Å². The van der Waals surface area contributed by atoms with E-state index < -0.39 is 0 Å². The predicted molar refractivity (Wildman–Crippen MR) is 102 cm³/mol. The van der Waals surface area contributed by atoms with Gasteiger partial charge in [-0.15, -0.1) is 12.4 Å². The van der Waals surface area contributed by atoms with E-state index in [0.29, 0.717) is 11.7 Å². The van der Waals surface area contributed by atoms with Crippen molar-refractivity contribution in [1.82, 2.24) is 20.4 Å². The van der Waals surface area contributed by atoms with Crippen LogP contribution in [0, 0.1) is 0 Å². The summed E-state index contributed by atoms with van der Waals surface area (Å²) in [6.45, 7) is 6.16. The summed E-state index contributed by atoms with van der Waals surface area (Å²) < 4.78 is 1.92. The molecule has 1 aliphatic rings. The van der Waals surface area contributed by atoms with Gasteiger partial charge >= 0.3 is 0 Å². The molecule has 1 aliphatic heterocycles. The lowest BCUT2D eigenvalue weighted by molar-refractivity contribution is 0.0929. The highest BCUT2D eigenvalue weighted by atomic mass is 35.5. The predicted octanol–water partition coefficient (Wildman–Crippen LogP) is 3.15. The Labute approximate surface area is 155 Å². The lowest BCUT2D eigenvalue weighted by Crippen LogP contribution is -2.36. The molecule has 1 saturated heterocycles. The molecular formula is C19H27ClN4O. The Morgan fingerprint density at radius 1 is 1.28 bits per heavy atom. The molecule has 3 unspecified atom stereocenters. The van der Waals surface area contributed by atoms with Gasteiger partial charge in [0.25, 0.3) is 5.91 Å². The van der Waals surface area contributed by atoms with Crippen LogP contribution >= 0.6 is 12.4 Å². The summed E-state index contributed by atoms with van der Waals surface area (Å²) in [5, 5.41) is 10.9. The molecule has 25 heavy (non-hydrogen) atoms. The Hall–Kier alpha value is -1.85. The molecule has 3 atom stereocenters. The van der Waals surface area contributed by atoms with E-state index in [1.165, 1.54) is 5.56 Å². The van der Waals surface area contributed by atoms with E-state index in [1.54, 1.807) is 0 Å². The quantitative estimate of drug-likeness (QED) is 0.859. The van der Waals surface area contributed by atoms with Crippen molar-refractivity contribution in [3.63, 3.8) is 0 Å². The molecule has 2 heterocycles. The van der Waals surface area contributed by atoms with E-state index in [1.807, 2.05) is 42.1 Å². The Morgan fingerprint density at radius 3 is 2.72 bits per heavy atom. The molecule has 2 aromatic rings. The van der Waals surface area contributed by atoms with Gasteiger partial charge in [-0.05, 0) is 37.9 Å². The summed E-state index contributed by atoms with van der Waals surface area (Å²) in [5.74, 6) is 0.146. The number of nitrogens with zero attached hydrogens (tertiary/aromatic N) is 2. The van der Waals surface area contributed by atoms with Crippen molar-refractivity contribution in [1.29, 1.82) is 0 Å². The van der Waals surface area contributed by atoms with E-state index >= 15 is 0 Å². The van der Waals surface area contributed by atoms with Gasteiger partial charge in [0.1, 0.15) is 5.69 Å². The lowest BCUT2D eigenvalue weighted by atomic mass is 9.94. The first-order chi connectivity index (χ1) is 11.6. The first kappa shape index (κ1) is 19.5. The zero-order valence-electron chi connectivity index (χ0n) is 14.8. The van der Waals surface area contributed by atoms with Crippen molar-refractivity contribution < 1.29 is 4.79 Å². The molecule has 0 aliphatic carbocycles. The molecule has 0 radical (unpaired) electrons. The minimum Gasteiger partial charge on any atom is -0.348 e.